The van der Waals surface area contributed by atoms with Crippen molar-refractivity contribution in [1.29, 1.82) is 0 Å². The average molecular weight is 229 g/mol. The Bertz CT molecular complexity index is 197. The highest BCUT2D eigenvalue weighted by Gasteiger charge is 2.24. The minimum atomic E-state index is -0.161. The molecule has 0 fully saturated rings. The zero-order valence-electron chi connectivity index (χ0n) is 11.4. The van der Waals surface area contributed by atoms with E-state index in [2.05, 4.69) is 33.0 Å². The Labute approximate surface area is 99.9 Å². The number of unbranched alkanes of at least 4 members (excludes halogenated alkanes) is 2. The molecule has 0 aliphatic heterocycles. The van der Waals surface area contributed by atoms with Gasteiger partial charge in [-0.3, -0.25) is 10.1 Å². The maximum absolute atomic E-state index is 11.7. The molecule has 3 heteroatoms. The van der Waals surface area contributed by atoms with Crippen LogP contribution in [0.4, 0.5) is 0 Å². The molecule has 3 nitrogen and oxygen atoms in total. The van der Waals surface area contributed by atoms with Crippen molar-refractivity contribution in [3.05, 3.63) is 0 Å². The van der Waals surface area contributed by atoms with E-state index in [1.807, 2.05) is 6.92 Å². The molecule has 1 N–H and O–H groups in total. The molecule has 0 saturated heterocycles. The van der Waals surface area contributed by atoms with Crippen molar-refractivity contribution in [1.82, 2.24) is 5.32 Å². The quantitative estimate of drug-likeness (QED) is 0.539. The molecule has 0 radical (unpaired) electrons. The summed E-state index contributed by atoms with van der Waals surface area (Å²) in [6.45, 7) is 10.7. The molecule has 1 unspecified atom stereocenters. The predicted molar refractivity (Wildman–Crippen MR) is 67.5 cm³/mol. The van der Waals surface area contributed by atoms with Crippen LogP contribution in [0.25, 0.3) is 0 Å². The Kier molecular flexibility index (Phi) is 7.39. The Morgan fingerprint density at radius 1 is 1.25 bits per heavy atom. The summed E-state index contributed by atoms with van der Waals surface area (Å²) in [5.41, 5.74) is -0.0519. The second-order valence-electron chi connectivity index (χ2n) is 5.19. The van der Waals surface area contributed by atoms with Gasteiger partial charge in [-0.25, -0.2) is 0 Å². The smallest absolute Gasteiger partial charge is 0.323 e. The van der Waals surface area contributed by atoms with Crippen LogP contribution in [-0.2, 0) is 9.53 Å². The lowest BCUT2D eigenvalue weighted by Gasteiger charge is -2.27. The van der Waals surface area contributed by atoms with E-state index in [4.69, 9.17) is 4.74 Å². The summed E-state index contributed by atoms with van der Waals surface area (Å²) in [5.74, 6) is -0.117. The average Bonchev–Trinajstić information content (AvgIpc) is 2.15. The van der Waals surface area contributed by atoms with Gasteiger partial charge >= 0.3 is 5.97 Å². The summed E-state index contributed by atoms with van der Waals surface area (Å²) in [4.78, 5) is 11.7. The van der Waals surface area contributed by atoms with E-state index in [9.17, 15) is 4.79 Å². The SMILES string of the molecule is CCCCCC(NC(C)(C)C)C(=O)OCC. The number of hydrogen-bond acceptors (Lipinski definition) is 3. The van der Waals surface area contributed by atoms with Gasteiger partial charge in [0.05, 0.1) is 6.61 Å². The van der Waals surface area contributed by atoms with E-state index in [0.717, 1.165) is 12.8 Å². The number of rotatable bonds is 7. The van der Waals surface area contributed by atoms with Gasteiger partial charge in [0.2, 0.25) is 0 Å². The van der Waals surface area contributed by atoms with E-state index < -0.39 is 0 Å². The minimum Gasteiger partial charge on any atom is -0.465 e. The number of hydrogen-bond donors (Lipinski definition) is 1. The van der Waals surface area contributed by atoms with Crippen molar-refractivity contribution in [2.24, 2.45) is 0 Å². The maximum atomic E-state index is 11.7. The van der Waals surface area contributed by atoms with Crippen molar-refractivity contribution < 1.29 is 9.53 Å². The summed E-state index contributed by atoms with van der Waals surface area (Å²) < 4.78 is 5.08. The Balaban J connectivity index is 4.21. The van der Waals surface area contributed by atoms with Gasteiger partial charge in [0.1, 0.15) is 6.04 Å². The van der Waals surface area contributed by atoms with Gasteiger partial charge in [-0.15, -0.1) is 0 Å². The lowest BCUT2D eigenvalue weighted by atomic mass is 10.0. The van der Waals surface area contributed by atoms with Gasteiger partial charge in [0.15, 0.2) is 0 Å². The van der Waals surface area contributed by atoms with Crippen LogP contribution in [0.1, 0.15) is 60.3 Å². The third-order valence-corrected chi connectivity index (χ3v) is 2.27. The van der Waals surface area contributed by atoms with Crippen LogP contribution in [0, 0.1) is 0 Å². The molecule has 0 aliphatic carbocycles. The first-order valence-electron chi connectivity index (χ1n) is 6.35. The standard InChI is InChI=1S/C13H27NO2/c1-6-8-9-10-11(12(15)16-7-2)14-13(3,4)5/h11,14H,6-10H2,1-5H3. The van der Waals surface area contributed by atoms with E-state index in [-0.39, 0.29) is 17.6 Å². The molecule has 0 bridgehead atoms. The molecule has 16 heavy (non-hydrogen) atoms. The number of esters is 1. The Hall–Kier alpha value is -0.570. The van der Waals surface area contributed by atoms with Crippen molar-refractivity contribution in [2.75, 3.05) is 6.61 Å². The third kappa shape index (κ3) is 7.69. The lowest BCUT2D eigenvalue weighted by Crippen LogP contribution is -2.48. The number of carbonyl (C=O) groups excluding carboxylic acids is 1. The normalized spacial score (nSPS) is 13.6. The highest BCUT2D eigenvalue weighted by atomic mass is 16.5. The molecule has 0 heterocycles. The van der Waals surface area contributed by atoms with Crippen LogP contribution >= 0.6 is 0 Å². The van der Waals surface area contributed by atoms with Crippen LogP contribution in [0.3, 0.4) is 0 Å². The van der Waals surface area contributed by atoms with Crippen LogP contribution in [0.2, 0.25) is 0 Å². The second-order valence-corrected chi connectivity index (χ2v) is 5.19. The van der Waals surface area contributed by atoms with E-state index in [1.165, 1.54) is 12.8 Å². The van der Waals surface area contributed by atoms with Crippen LogP contribution in [-0.4, -0.2) is 24.2 Å². The largest absolute Gasteiger partial charge is 0.465 e. The van der Waals surface area contributed by atoms with Gasteiger partial charge < -0.3 is 4.74 Å². The van der Waals surface area contributed by atoms with E-state index in [1.54, 1.807) is 0 Å². The fourth-order valence-corrected chi connectivity index (χ4v) is 1.61. The van der Waals surface area contributed by atoms with Gasteiger partial charge in [-0.1, -0.05) is 26.2 Å². The fraction of sp³-hybridized carbons (Fsp3) is 0.923. The topological polar surface area (TPSA) is 38.3 Å². The summed E-state index contributed by atoms with van der Waals surface area (Å²) in [6, 6.07) is -0.161. The van der Waals surface area contributed by atoms with Crippen LogP contribution in [0.5, 0.6) is 0 Å². The molecular weight excluding hydrogens is 202 g/mol. The Morgan fingerprint density at radius 2 is 1.88 bits per heavy atom. The first kappa shape index (κ1) is 15.4. The first-order valence-corrected chi connectivity index (χ1v) is 6.35. The highest BCUT2D eigenvalue weighted by Crippen LogP contribution is 2.10. The highest BCUT2D eigenvalue weighted by molar-refractivity contribution is 5.75. The second kappa shape index (κ2) is 7.66. The molecule has 0 aromatic heterocycles. The molecule has 0 spiro atoms. The zero-order chi connectivity index (χ0) is 12.6. The van der Waals surface area contributed by atoms with Crippen LogP contribution in [0.15, 0.2) is 0 Å². The fourth-order valence-electron chi connectivity index (χ4n) is 1.61. The van der Waals surface area contributed by atoms with Crippen molar-refractivity contribution in [2.45, 2.75) is 71.9 Å². The molecule has 0 saturated carbocycles. The third-order valence-electron chi connectivity index (χ3n) is 2.27. The molecule has 0 rings (SSSR count). The van der Waals surface area contributed by atoms with Crippen molar-refractivity contribution in [3.8, 4) is 0 Å². The molecule has 0 aromatic rings. The molecule has 0 aliphatic rings. The number of carbonyl (C=O) groups is 1. The summed E-state index contributed by atoms with van der Waals surface area (Å²) in [6.07, 6.45) is 4.28. The van der Waals surface area contributed by atoms with Gasteiger partial charge in [-0.05, 0) is 34.1 Å². The minimum absolute atomic E-state index is 0.0519. The lowest BCUT2D eigenvalue weighted by molar-refractivity contribution is -0.146. The van der Waals surface area contributed by atoms with Gasteiger partial charge in [0, 0.05) is 5.54 Å². The Morgan fingerprint density at radius 3 is 2.31 bits per heavy atom. The predicted octanol–water partition coefficient (Wildman–Crippen LogP) is 2.89. The maximum Gasteiger partial charge on any atom is 0.323 e. The van der Waals surface area contributed by atoms with Gasteiger partial charge in [-0.2, -0.15) is 0 Å². The summed E-state index contributed by atoms with van der Waals surface area (Å²) in [7, 11) is 0. The molecule has 0 aromatic carbocycles. The molecule has 1 atom stereocenters. The van der Waals surface area contributed by atoms with E-state index >= 15 is 0 Å². The number of ether oxygens (including phenoxy) is 1. The summed E-state index contributed by atoms with van der Waals surface area (Å²) in [5, 5.41) is 3.33. The van der Waals surface area contributed by atoms with Crippen molar-refractivity contribution >= 4 is 5.97 Å². The molecule has 0 amide bonds. The number of nitrogens with one attached hydrogen (secondary N) is 1. The molecule has 96 valence electrons. The summed E-state index contributed by atoms with van der Waals surface area (Å²) >= 11 is 0. The molecular formula is C13H27NO2. The van der Waals surface area contributed by atoms with Crippen LogP contribution < -0.4 is 5.32 Å². The first-order chi connectivity index (χ1) is 7.40. The monoisotopic (exact) mass is 229 g/mol. The van der Waals surface area contributed by atoms with Crippen molar-refractivity contribution in [3.63, 3.8) is 0 Å². The van der Waals surface area contributed by atoms with Gasteiger partial charge in [0.25, 0.3) is 0 Å². The van der Waals surface area contributed by atoms with E-state index in [0.29, 0.717) is 6.61 Å². The zero-order valence-corrected chi connectivity index (χ0v) is 11.4.